The zero-order valence-electron chi connectivity index (χ0n) is 25.4. The molecular weight excluding hydrogens is 589 g/mol. The normalized spacial score (nSPS) is 20.0. The van der Waals surface area contributed by atoms with Crippen LogP contribution in [0.3, 0.4) is 0 Å². The topological polar surface area (TPSA) is 124 Å². The van der Waals surface area contributed by atoms with Crippen molar-refractivity contribution < 1.29 is 37.4 Å². The SMILES string of the molecule is CCCC1C(C(=O)N2CCC(C#N)(c3ccccc3COCCCC(=O)O)CC2)CCCN1C(=O)c1ncccc1C(F)(F)F. The van der Waals surface area contributed by atoms with Crippen molar-refractivity contribution in [3.63, 3.8) is 0 Å². The molecule has 2 aliphatic heterocycles. The van der Waals surface area contributed by atoms with Gasteiger partial charge in [-0.3, -0.25) is 19.4 Å². The molecule has 2 atom stereocenters. The molecule has 242 valence electrons. The maximum absolute atomic E-state index is 14.0. The zero-order valence-corrected chi connectivity index (χ0v) is 25.4. The minimum Gasteiger partial charge on any atom is -0.481 e. The van der Waals surface area contributed by atoms with Crippen LogP contribution in [-0.4, -0.2) is 70.0 Å². The number of piperidine rings is 2. The molecule has 2 amide bonds. The number of aliphatic carboxylic acids is 1. The molecule has 1 aromatic heterocycles. The number of hydrogen-bond acceptors (Lipinski definition) is 6. The number of benzene rings is 1. The molecule has 9 nitrogen and oxygen atoms in total. The number of aromatic nitrogens is 1. The number of carboxylic acids is 1. The van der Waals surface area contributed by atoms with Gasteiger partial charge in [0.2, 0.25) is 5.91 Å². The van der Waals surface area contributed by atoms with Crippen LogP contribution in [0.25, 0.3) is 0 Å². The van der Waals surface area contributed by atoms with Crippen molar-refractivity contribution >= 4 is 17.8 Å². The lowest BCUT2D eigenvalue weighted by Crippen LogP contribution is -2.55. The van der Waals surface area contributed by atoms with Crippen LogP contribution in [0.5, 0.6) is 0 Å². The van der Waals surface area contributed by atoms with Gasteiger partial charge in [0.05, 0.1) is 29.6 Å². The number of halogens is 3. The number of nitriles is 1. The van der Waals surface area contributed by atoms with Gasteiger partial charge < -0.3 is 19.6 Å². The van der Waals surface area contributed by atoms with Gasteiger partial charge in [-0.15, -0.1) is 0 Å². The first-order valence-electron chi connectivity index (χ1n) is 15.4. The van der Waals surface area contributed by atoms with Crippen LogP contribution < -0.4 is 0 Å². The lowest BCUT2D eigenvalue weighted by atomic mass is 9.72. The standard InChI is InChI=1S/C33H39F3N4O5/c1-2-8-27-24(10-6-17-40(27)31(44)29-26(33(34,35)36)12-5-16-38-29)30(43)39-18-14-32(22-37,15-19-39)25-11-4-3-9-23(25)21-45-20-7-13-28(41)42/h3-5,9,11-12,16,24,27H,2,6-8,10,13-15,17-21H2,1H3,(H,41,42). The number of pyridine rings is 1. The van der Waals surface area contributed by atoms with E-state index in [2.05, 4.69) is 11.1 Å². The highest BCUT2D eigenvalue weighted by Gasteiger charge is 2.45. The number of alkyl halides is 3. The van der Waals surface area contributed by atoms with Gasteiger partial charge in [0.25, 0.3) is 5.91 Å². The van der Waals surface area contributed by atoms with E-state index in [1.807, 2.05) is 31.2 Å². The Bertz CT molecular complexity index is 1400. The summed E-state index contributed by atoms with van der Waals surface area (Å²) in [5.74, 6) is -2.42. The molecule has 0 saturated carbocycles. The summed E-state index contributed by atoms with van der Waals surface area (Å²) in [6.45, 7) is 3.31. The Morgan fingerprint density at radius 1 is 1.13 bits per heavy atom. The minimum absolute atomic E-state index is 0.0113. The van der Waals surface area contributed by atoms with Crippen molar-refractivity contribution in [2.24, 2.45) is 5.92 Å². The first kappa shape index (κ1) is 33.9. The Hall–Kier alpha value is -3.98. The Kier molecular flexibility index (Phi) is 11.2. The molecule has 4 rings (SSSR count). The van der Waals surface area contributed by atoms with E-state index in [-0.39, 0.29) is 32.1 Å². The second-order valence-electron chi connectivity index (χ2n) is 11.7. The summed E-state index contributed by atoms with van der Waals surface area (Å²) in [7, 11) is 0. The van der Waals surface area contributed by atoms with E-state index >= 15 is 0 Å². The van der Waals surface area contributed by atoms with E-state index in [0.717, 1.165) is 23.3 Å². The Labute approximate surface area is 261 Å². The van der Waals surface area contributed by atoms with Gasteiger partial charge in [-0.1, -0.05) is 37.6 Å². The molecule has 12 heteroatoms. The first-order chi connectivity index (χ1) is 21.5. The number of likely N-dealkylation sites (tertiary alicyclic amines) is 2. The van der Waals surface area contributed by atoms with Gasteiger partial charge in [0, 0.05) is 44.9 Å². The van der Waals surface area contributed by atoms with Gasteiger partial charge in [0.1, 0.15) is 5.69 Å². The molecule has 2 aromatic rings. The van der Waals surface area contributed by atoms with E-state index in [1.54, 1.807) is 4.90 Å². The number of carbonyl (C=O) groups excluding carboxylic acids is 2. The van der Waals surface area contributed by atoms with Crippen LogP contribution >= 0.6 is 0 Å². The summed E-state index contributed by atoms with van der Waals surface area (Å²) in [5.41, 5.74) is -0.922. The van der Waals surface area contributed by atoms with Gasteiger partial charge in [-0.25, -0.2) is 0 Å². The largest absolute Gasteiger partial charge is 0.481 e. The predicted molar refractivity (Wildman–Crippen MR) is 158 cm³/mol. The molecule has 1 aromatic carbocycles. The van der Waals surface area contributed by atoms with Crippen LogP contribution in [0, 0.1) is 17.2 Å². The summed E-state index contributed by atoms with van der Waals surface area (Å²) in [6.07, 6.45) is -0.297. The van der Waals surface area contributed by atoms with Crippen LogP contribution in [0.1, 0.15) is 85.5 Å². The third-order valence-electron chi connectivity index (χ3n) is 8.87. The molecule has 0 radical (unpaired) electrons. The van der Waals surface area contributed by atoms with Crippen LogP contribution in [0.15, 0.2) is 42.6 Å². The number of ether oxygens (including phenoxy) is 1. The quantitative estimate of drug-likeness (QED) is 0.322. The predicted octanol–water partition coefficient (Wildman–Crippen LogP) is 5.59. The molecule has 0 bridgehead atoms. The molecule has 2 saturated heterocycles. The lowest BCUT2D eigenvalue weighted by Gasteiger charge is -2.44. The molecule has 0 aliphatic carbocycles. The second kappa shape index (κ2) is 14.9. The Morgan fingerprint density at radius 3 is 2.53 bits per heavy atom. The van der Waals surface area contributed by atoms with E-state index in [9.17, 15) is 32.8 Å². The van der Waals surface area contributed by atoms with Crippen molar-refractivity contribution in [3.8, 4) is 6.07 Å². The van der Waals surface area contributed by atoms with E-state index in [0.29, 0.717) is 58.0 Å². The Balaban J connectivity index is 1.48. The highest BCUT2D eigenvalue weighted by atomic mass is 19.4. The fraction of sp³-hybridized carbons (Fsp3) is 0.545. The van der Waals surface area contributed by atoms with Crippen molar-refractivity contribution in [1.82, 2.24) is 14.8 Å². The summed E-state index contributed by atoms with van der Waals surface area (Å²) in [5, 5.41) is 19.2. The second-order valence-corrected chi connectivity index (χ2v) is 11.7. The maximum Gasteiger partial charge on any atom is 0.418 e. The molecule has 0 spiro atoms. The number of nitrogens with zero attached hydrogens (tertiary/aromatic N) is 4. The molecule has 45 heavy (non-hydrogen) atoms. The molecular formula is C33H39F3N4O5. The third kappa shape index (κ3) is 7.82. The summed E-state index contributed by atoms with van der Waals surface area (Å²) < 4.78 is 46.8. The molecule has 2 unspecified atom stereocenters. The molecule has 2 aliphatic rings. The number of carboxylic acid groups (broad SMARTS) is 1. The van der Waals surface area contributed by atoms with Gasteiger partial charge in [-0.2, -0.15) is 18.4 Å². The number of rotatable bonds is 11. The van der Waals surface area contributed by atoms with E-state index in [4.69, 9.17) is 9.84 Å². The van der Waals surface area contributed by atoms with Crippen molar-refractivity contribution in [2.75, 3.05) is 26.2 Å². The summed E-state index contributed by atoms with van der Waals surface area (Å²) in [4.78, 5) is 45.2. The highest BCUT2D eigenvalue weighted by Crippen LogP contribution is 2.39. The molecule has 3 heterocycles. The van der Waals surface area contributed by atoms with Crippen molar-refractivity contribution in [1.29, 1.82) is 5.26 Å². The van der Waals surface area contributed by atoms with E-state index in [1.165, 1.54) is 11.1 Å². The summed E-state index contributed by atoms with van der Waals surface area (Å²) >= 11 is 0. The Morgan fingerprint density at radius 2 is 1.87 bits per heavy atom. The molecule has 1 N–H and O–H groups in total. The van der Waals surface area contributed by atoms with Crippen LogP contribution in [0.4, 0.5) is 13.2 Å². The average molecular weight is 629 g/mol. The zero-order chi connectivity index (χ0) is 32.6. The number of carbonyl (C=O) groups is 3. The van der Waals surface area contributed by atoms with Crippen LogP contribution in [0.2, 0.25) is 0 Å². The summed E-state index contributed by atoms with van der Waals surface area (Å²) in [6, 6.07) is 11.4. The van der Waals surface area contributed by atoms with Gasteiger partial charge in [-0.05, 0) is 61.8 Å². The minimum atomic E-state index is -4.74. The fourth-order valence-corrected chi connectivity index (χ4v) is 6.60. The lowest BCUT2D eigenvalue weighted by molar-refractivity contribution is -0.141. The maximum atomic E-state index is 14.0. The molecule has 2 fully saturated rings. The monoisotopic (exact) mass is 628 g/mol. The van der Waals surface area contributed by atoms with Gasteiger partial charge >= 0.3 is 12.1 Å². The number of amides is 2. The number of hydrogen-bond donors (Lipinski definition) is 1. The van der Waals surface area contributed by atoms with Crippen LogP contribution in [-0.2, 0) is 32.5 Å². The van der Waals surface area contributed by atoms with Crippen molar-refractivity contribution in [2.45, 2.75) is 82.5 Å². The fourth-order valence-electron chi connectivity index (χ4n) is 6.60. The average Bonchev–Trinajstić information content (AvgIpc) is 3.04. The highest BCUT2D eigenvalue weighted by molar-refractivity contribution is 5.95. The first-order valence-corrected chi connectivity index (χ1v) is 15.4. The smallest absolute Gasteiger partial charge is 0.418 e. The third-order valence-corrected chi connectivity index (χ3v) is 8.87. The van der Waals surface area contributed by atoms with E-state index < -0.39 is 46.7 Å². The van der Waals surface area contributed by atoms with Crippen molar-refractivity contribution in [3.05, 3.63) is 65.0 Å². The van der Waals surface area contributed by atoms with Gasteiger partial charge in [0.15, 0.2) is 0 Å².